The highest BCUT2D eigenvalue weighted by atomic mass is 35.5. The first-order valence-electron chi connectivity index (χ1n) is 9.40. The Bertz CT molecular complexity index is 1150. The average molecular weight is 512 g/mol. The van der Waals surface area contributed by atoms with E-state index in [9.17, 15) is 9.59 Å². The minimum absolute atomic E-state index is 0.210. The molecule has 0 heterocycles. The molecular formula is C23H18Cl4N2O3. The first-order chi connectivity index (χ1) is 15.2. The molecule has 2 N–H and O–H groups in total. The number of benzene rings is 3. The van der Waals surface area contributed by atoms with Crippen molar-refractivity contribution in [3.63, 3.8) is 0 Å². The maximum Gasteiger partial charge on any atom is 0.262 e. The Hall–Kier alpha value is -2.44. The van der Waals surface area contributed by atoms with Crippen molar-refractivity contribution in [2.24, 2.45) is 0 Å². The van der Waals surface area contributed by atoms with Crippen molar-refractivity contribution in [2.45, 2.75) is 13.8 Å². The lowest BCUT2D eigenvalue weighted by molar-refractivity contribution is -0.118. The molecule has 0 fully saturated rings. The summed E-state index contributed by atoms with van der Waals surface area (Å²) in [4.78, 5) is 24.6. The zero-order chi connectivity index (χ0) is 23.4. The molecule has 0 radical (unpaired) electrons. The van der Waals surface area contributed by atoms with Gasteiger partial charge in [0, 0.05) is 27.0 Å². The van der Waals surface area contributed by atoms with Crippen LogP contribution in [-0.4, -0.2) is 18.4 Å². The summed E-state index contributed by atoms with van der Waals surface area (Å²) in [5, 5.41) is 6.93. The lowest BCUT2D eigenvalue weighted by Crippen LogP contribution is -2.20. The Morgan fingerprint density at radius 1 is 0.812 bits per heavy atom. The second-order valence-corrected chi connectivity index (χ2v) is 8.47. The minimum Gasteiger partial charge on any atom is -0.481 e. The highest BCUT2D eigenvalue weighted by Gasteiger charge is 2.18. The van der Waals surface area contributed by atoms with Gasteiger partial charge in [-0.1, -0.05) is 52.5 Å². The first-order valence-corrected chi connectivity index (χ1v) is 10.9. The van der Waals surface area contributed by atoms with Crippen LogP contribution in [0.25, 0.3) is 0 Å². The van der Waals surface area contributed by atoms with Gasteiger partial charge in [-0.05, 0) is 67.4 Å². The number of amides is 2. The summed E-state index contributed by atoms with van der Waals surface area (Å²) < 4.78 is 5.55. The molecule has 3 aromatic carbocycles. The molecule has 0 aliphatic carbocycles. The summed E-state index contributed by atoms with van der Waals surface area (Å²) in [5.74, 6) is -0.486. The number of carbonyl (C=O) groups is 2. The molecule has 32 heavy (non-hydrogen) atoms. The maximum atomic E-state index is 12.3. The number of halogens is 4. The van der Waals surface area contributed by atoms with Gasteiger partial charge in [-0.3, -0.25) is 9.59 Å². The van der Waals surface area contributed by atoms with Crippen molar-refractivity contribution in [1.82, 2.24) is 0 Å². The van der Waals surface area contributed by atoms with Crippen LogP contribution in [0.5, 0.6) is 5.75 Å². The van der Waals surface area contributed by atoms with E-state index < -0.39 is 5.91 Å². The molecule has 0 bridgehead atoms. The van der Waals surface area contributed by atoms with E-state index >= 15 is 0 Å². The Morgan fingerprint density at radius 2 is 1.38 bits per heavy atom. The van der Waals surface area contributed by atoms with E-state index in [4.69, 9.17) is 51.1 Å². The predicted octanol–water partition coefficient (Wildman–Crippen LogP) is 7.19. The fourth-order valence-electron chi connectivity index (χ4n) is 2.84. The lowest BCUT2D eigenvalue weighted by Gasteiger charge is -2.15. The third-order valence-corrected chi connectivity index (χ3v) is 6.29. The minimum atomic E-state index is -0.405. The van der Waals surface area contributed by atoms with Crippen molar-refractivity contribution in [1.29, 1.82) is 0 Å². The Kier molecular flexibility index (Phi) is 7.91. The van der Waals surface area contributed by atoms with Crippen LogP contribution in [0.3, 0.4) is 0 Å². The Labute approximate surface area is 205 Å². The highest BCUT2D eigenvalue weighted by Crippen LogP contribution is 2.42. The Balaban J connectivity index is 1.59. The smallest absolute Gasteiger partial charge is 0.262 e. The van der Waals surface area contributed by atoms with Gasteiger partial charge in [0.05, 0.1) is 10.0 Å². The van der Waals surface area contributed by atoms with E-state index in [0.717, 1.165) is 0 Å². The van der Waals surface area contributed by atoms with E-state index in [2.05, 4.69) is 10.6 Å². The number of ether oxygens (including phenoxy) is 1. The largest absolute Gasteiger partial charge is 0.481 e. The van der Waals surface area contributed by atoms with Gasteiger partial charge < -0.3 is 15.4 Å². The predicted molar refractivity (Wildman–Crippen MR) is 131 cm³/mol. The van der Waals surface area contributed by atoms with E-state index in [0.29, 0.717) is 38.1 Å². The summed E-state index contributed by atoms with van der Waals surface area (Å²) in [6, 6.07) is 13.3. The van der Waals surface area contributed by atoms with Crippen LogP contribution in [0.15, 0.2) is 48.5 Å². The zero-order valence-corrected chi connectivity index (χ0v) is 20.1. The zero-order valence-electron chi connectivity index (χ0n) is 17.1. The van der Waals surface area contributed by atoms with Crippen molar-refractivity contribution in [3.05, 3.63) is 85.3 Å². The van der Waals surface area contributed by atoms with Gasteiger partial charge in [0.15, 0.2) is 12.4 Å². The van der Waals surface area contributed by atoms with Gasteiger partial charge in [-0.15, -0.1) is 0 Å². The van der Waals surface area contributed by atoms with Crippen LogP contribution < -0.4 is 15.4 Å². The van der Waals surface area contributed by atoms with Crippen molar-refractivity contribution in [2.75, 3.05) is 17.2 Å². The third-order valence-electron chi connectivity index (χ3n) is 4.58. The van der Waals surface area contributed by atoms with E-state index in [1.54, 1.807) is 62.4 Å². The van der Waals surface area contributed by atoms with E-state index in [1.807, 2.05) is 0 Å². The molecule has 9 heteroatoms. The second-order valence-electron chi connectivity index (χ2n) is 6.90. The van der Waals surface area contributed by atoms with Gasteiger partial charge in [-0.2, -0.15) is 0 Å². The highest BCUT2D eigenvalue weighted by molar-refractivity contribution is 6.42. The Morgan fingerprint density at radius 3 is 1.94 bits per heavy atom. The van der Waals surface area contributed by atoms with Gasteiger partial charge >= 0.3 is 0 Å². The van der Waals surface area contributed by atoms with Crippen LogP contribution >= 0.6 is 46.4 Å². The quantitative estimate of drug-likeness (QED) is 0.368. The van der Waals surface area contributed by atoms with Crippen LogP contribution in [0.2, 0.25) is 20.1 Å². The summed E-state index contributed by atoms with van der Waals surface area (Å²) >= 11 is 24.6. The molecule has 0 saturated heterocycles. The molecule has 2 amide bonds. The standard InChI is InChI=1S/C23H18Cl4N2O3/c1-12-19(25)13(2)21(27)22(20(12)26)32-11-18(30)28-16-6-8-17(9-7-16)29-23(31)14-4-3-5-15(24)10-14/h3-10H,11H2,1-2H3,(H,28,30)(H,29,31). The van der Waals surface area contributed by atoms with E-state index in [1.165, 1.54) is 0 Å². The maximum absolute atomic E-state index is 12.3. The molecule has 5 nitrogen and oxygen atoms in total. The fourth-order valence-corrected chi connectivity index (χ4v) is 3.85. The third kappa shape index (κ3) is 5.67. The number of hydrogen-bond acceptors (Lipinski definition) is 3. The topological polar surface area (TPSA) is 67.4 Å². The molecule has 0 unspecified atom stereocenters. The molecule has 3 aromatic rings. The molecule has 3 rings (SSSR count). The number of hydrogen-bond donors (Lipinski definition) is 2. The van der Waals surface area contributed by atoms with Crippen LogP contribution in [0, 0.1) is 13.8 Å². The molecule has 0 aliphatic heterocycles. The summed E-state index contributed by atoms with van der Waals surface area (Å²) in [7, 11) is 0. The van der Waals surface area contributed by atoms with Crippen molar-refractivity contribution in [3.8, 4) is 5.75 Å². The van der Waals surface area contributed by atoms with Crippen molar-refractivity contribution < 1.29 is 14.3 Å². The first kappa shape index (κ1) is 24.2. The number of nitrogens with one attached hydrogen (secondary N) is 2. The summed E-state index contributed by atoms with van der Waals surface area (Å²) in [6.07, 6.45) is 0. The van der Waals surface area contributed by atoms with E-state index in [-0.39, 0.29) is 28.3 Å². The van der Waals surface area contributed by atoms with Crippen LogP contribution in [0.1, 0.15) is 21.5 Å². The monoisotopic (exact) mass is 510 g/mol. The second kappa shape index (κ2) is 10.5. The molecule has 0 atom stereocenters. The van der Waals surface area contributed by atoms with Crippen molar-refractivity contribution >= 4 is 69.6 Å². The number of anilines is 2. The van der Waals surface area contributed by atoms with Gasteiger partial charge in [0.25, 0.3) is 11.8 Å². The lowest BCUT2D eigenvalue weighted by atomic mass is 10.1. The van der Waals surface area contributed by atoms with Crippen LogP contribution in [-0.2, 0) is 4.79 Å². The summed E-state index contributed by atoms with van der Waals surface area (Å²) in [6.45, 7) is 3.19. The molecule has 0 saturated carbocycles. The molecular weight excluding hydrogens is 494 g/mol. The molecule has 166 valence electrons. The van der Waals surface area contributed by atoms with Gasteiger partial charge in [-0.25, -0.2) is 0 Å². The SMILES string of the molecule is Cc1c(Cl)c(C)c(Cl)c(OCC(=O)Nc2ccc(NC(=O)c3cccc(Cl)c3)cc2)c1Cl. The van der Waals surface area contributed by atoms with Gasteiger partial charge in [0.2, 0.25) is 0 Å². The van der Waals surface area contributed by atoms with Crippen LogP contribution in [0.4, 0.5) is 11.4 Å². The normalized spacial score (nSPS) is 10.6. The molecule has 0 aliphatic rings. The average Bonchev–Trinajstić information content (AvgIpc) is 2.77. The van der Waals surface area contributed by atoms with Gasteiger partial charge in [0.1, 0.15) is 0 Å². The molecule has 0 aromatic heterocycles. The number of carbonyl (C=O) groups excluding carboxylic acids is 2. The number of rotatable bonds is 6. The molecule has 0 spiro atoms. The summed E-state index contributed by atoms with van der Waals surface area (Å²) in [5.41, 5.74) is 2.79. The fraction of sp³-hybridized carbons (Fsp3) is 0.130.